The molecule has 5 fully saturated rings. The molecule has 5 aliphatic carbocycles. The third-order valence-corrected chi connectivity index (χ3v) is 12.4. The predicted octanol–water partition coefficient (Wildman–Crippen LogP) is 4.98. The lowest BCUT2D eigenvalue weighted by atomic mass is 9.43. The highest BCUT2D eigenvalue weighted by Crippen LogP contribution is 2.68. The number of hydrogen-bond donors (Lipinski definition) is 3. The molecule has 0 spiro atoms. The predicted molar refractivity (Wildman–Crippen MR) is 129 cm³/mol. The molecule has 3 N–H and O–H groups in total. The average molecular weight is 461 g/mol. The maximum absolute atomic E-state index is 12.2. The summed E-state index contributed by atoms with van der Waals surface area (Å²) < 4.78 is 0. The van der Waals surface area contributed by atoms with Crippen molar-refractivity contribution in [2.45, 2.75) is 117 Å². The lowest BCUT2D eigenvalue weighted by molar-refractivity contribution is -0.212. The number of aliphatic hydroxyl groups is 3. The summed E-state index contributed by atoms with van der Waals surface area (Å²) in [5.74, 6) is 3.67. The van der Waals surface area contributed by atoms with Gasteiger partial charge in [0.1, 0.15) is 5.78 Å². The quantitative estimate of drug-likeness (QED) is 0.541. The maximum Gasteiger partial charge on any atom is 0.133 e. The monoisotopic (exact) mass is 460 g/mol. The van der Waals surface area contributed by atoms with Gasteiger partial charge in [0, 0.05) is 18.3 Å². The third kappa shape index (κ3) is 3.68. The summed E-state index contributed by atoms with van der Waals surface area (Å²) in [4.78, 5) is 12.2. The van der Waals surface area contributed by atoms with Gasteiger partial charge in [-0.05, 0) is 111 Å². The molecule has 0 aromatic heterocycles. The van der Waals surface area contributed by atoms with Crippen molar-refractivity contribution in [2.75, 3.05) is 0 Å². The van der Waals surface area contributed by atoms with Gasteiger partial charge in [-0.25, -0.2) is 0 Å². The van der Waals surface area contributed by atoms with Crippen molar-refractivity contribution in [3.8, 4) is 0 Å². The molecule has 0 saturated heterocycles. The maximum atomic E-state index is 12.2. The lowest BCUT2D eigenvalue weighted by Crippen LogP contribution is -2.63. The van der Waals surface area contributed by atoms with Crippen molar-refractivity contribution in [3.63, 3.8) is 0 Å². The van der Waals surface area contributed by atoms with Gasteiger partial charge in [-0.15, -0.1) is 0 Å². The fourth-order valence-electron chi connectivity index (χ4n) is 10.0. The Kier molecular flexibility index (Phi) is 5.90. The molecular formula is C29H48O4. The number of fused-ring (bicyclic) bond motifs is 5. The van der Waals surface area contributed by atoms with Gasteiger partial charge in [-0.1, -0.05) is 27.7 Å². The molecule has 13 unspecified atom stereocenters. The molecule has 5 aliphatic rings. The highest BCUT2D eigenvalue weighted by atomic mass is 16.3. The molecule has 4 nitrogen and oxygen atoms in total. The van der Waals surface area contributed by atoms with Crippen LogP contribution in [0.25, 0.3) is 0 Å². The van der Waals surface area contributed by atoms with Crippen LogP contribution in [-0.4, -0.2) is 38.9 Å². The van der Waals surface area contributed by atoms with Crippen molar-refractivity contribution < 1.29 is 20.1 Å². The number of rotatable bonds is 5. The van der Waals surface area contributed by atoms with Crippen molar-refractivity contribution in [3.05, 3.63) is 0 Å². The second-order valence-corrected chi connectivity index (χ2v) is 14.0. The van der Waals surface area contributed by atoms with Crippen molar-refractivity contribution in [2.24, 2.45) is 58.2 Å². The Balaban J connectivity index is 1.37. The SMILES string of the molecule is CC(CCC(C)(O)C1CCC2C3C(O)CC4CC(=O)CCC4(C)C3CC(O)C21C)C1CC1C. The van der Waals surface area contributed by atoms with Crippen LogP contribution in [0.2, 0.25) is 0 Å². The van der Waals surface area contributed by atoms with Gasteiger partial charge in [0.2, 0.25) is 0 Å². The number of Topliss-reactive ketones (excluding diaryl/α,β-unsaturated/α-hetero) is 1. The Morgan fingerprint density at radius 2 is 1.82 bits per heavy atom. The number of ketones is 1. The second-order valence-electron chi connectivity index (χ2n) is 14.0. The van der Waals surface area contributed by atoms with Gasteiger partial charge >= 0.3 is 0 Å². The fourth-order valence-corrected chi connectivity index (χ4v) is 10.0. The van der Waals surface area contributed by atoms with Crippen molar-refractivity contribution in [1.29, 1.82) is 0 Å². The van der Waals surface area contributed by atoms with E-state index in [0.29, 0.717) is 31.0 Å². The smallest absolute Gasteiger partial charge is 0.133 e. The molecule has 13 atom stereocenters. The first-order valence-corrected chi connectivity index (χ1v) is 14.0. The number of aliphatic hydroxyl groups excluding tert-OH is 2. The minimum Gasteiger partial charge on any atom is -0.393 e. The zero-order valence-electron chi connectivity index (χ0n) is 21.6. The molecule has 0 aliphatic heterocycles. The zero-order valence-corrected chi connectivity index (χ0v) is 21.6. The Morgan fingerprint density at radius 3 is 2.48 bits per heavy atom. The molecule has 5 saturated carbocycles. The highest BCUT2D eigenvalue weighted by Gasteiger charge is 2.67. The fraction of sp³-hybridized carbons (Fsp3) is 0.966. The Labute approximate surface area is 200 Å². The van der Waals surface area contributed by atoms with E-state index >= 15 is 0 Å². The average Bonchev–Trinajstić information content (AvgIpc) is 3.36. The van der Waals surface area contributed by atoms with Gasteiger partial charge in [-0.2, -0.15) is 0 Å². The molecule has 4 heteroatoms. The summed E-state index contributed by atoms with van der Waals surface area (Å²) >= 11 is 0. The molecule has 5 rings (SSSR count). The van der Waals surface area contributed by atoms with Gasteiger partial charge in [0.25, 0.3) is 0 Å². The highest BCUT2D eigenvalue weighted by molar-refractivity contribution is 5.79. The Bertz CT molecular complexity index is 778. The zero-order chi connectivity index (χ0) is 23.9. The number of carbonyl (C=O) groups excluding carboxylic acids is 1. The van der Waals surface area contributed by atoms with E-state index in [1.54, 1.807) is 0 Å². The van der Waals surface area contributed by atoms with E-state index < -0.39 is 17.8 Å². The molecular weight excluding hydrogens is 412 g/mol. The minimum atomic E-state index is -0.785. The first-order chi connectivity index (χ1) is 15.4. The Hall–Kier alpha value is -0.450. The van der Waals surface area contributed by atoms with E-state index in [1.165, 1.54) is 6.42 Å². The minimum absolute atomic E-state index is 0.0388. The van der Waals surface area contributed by atoms with E-state index in [9.17, 15) is 20.1 Å². The first-order valence-electron chi connectivity index (χ1n) is 14.0. The third-order valence-electron chi connectivity index (χ3n) is 12.4. The standard InChI is InChI=1S/C29H48O4/c1-16(20-12-17(20)2)8-11-28(4,33)24-7-6-21-26-22(15-25(32)29(21,24)5)27(3)10-9-19(30)13-18(27)14-23(26)31/h16-18,20-26,31-33H,6-15H2,1-5H3. The summed E-state index contributed by atoms with van der Waals surface area (Å²) in [7, 11) is 0. The normalized spacial score (nSPS) is 54.1. The van der Waals surface area contributed by atoms with Gasteiger partial charge < -0.3 is 15.3 Å². The van der Waals surface area contributed by atoms with Crippen LogP contribution >= 0.6 is 0 Å². The van der Waals surface area contributed by atoms with Crippen LogP contribution in [0.4, 0.5) is 0 Å². The first kappa shape index (κ1) is 24.3. The van der Waals surface area contributed by atoms with Crippen molar-refractivity contribution in [1.82, 2.24) is 0 Å². The number of hydrogen-bond acceptors (Lipinski definition) is 4. The Morgan fingerprint density at radius 1 is 1.12 bits per heavy atom. The summed E-state index contributed by atoms with van der Waals surface area (Å²) in [6, 6.07) is 0. The molecule has 0 radical (unpaired) electrons. The summed E-state index contributed by atoms with van der Waals surface area (Å²) in [5.41, 5.74) is -1.10. The van der Waals surface area contributed by atoms with Gasteiger partial charge in [0.15, 0.2) is 0 Å². The van der Waals surface area contributed by atoms with E-state index in [-0.39, 0.29) is 40.4 Å². The van der Waals surface area contributed by atoms with E-state index in [0.717, 1.165) is 50.4 Å². The molecule has 0 bridgehead atoms. The van der Waals surface area contributed by atoms with Crippen LogP contribution in [0.3, 0.4) is 0 Å². The molecule has 0 aromatic carbocycles. The van der Waals surface area contributed by atoms with Crippen LogP contribution in [-0.2, 0) is 4.79 Å². The topological polar surface area (TPSA) is 77.8 Å². The van der Waals surface area contributed by atoms with Crippen LogP contribution in [0.1, 0.15) is 98.8 Å². The largest absolute Gasteiger partial charge is 0.393 e. The van der Waals surface area contributed by atoms with Crippen molar-refractivity contribution >= 4 is 5.78 Å². The summed E-state index contributed by atoms with van der Waals surface area (Å²) in [6.07, 6.45) is 7.85. The second kappa shape index (κ2) is 8.03. The van der Waals surface area contributed by atoms with Crippen LogP contribution in [0.15, 0.2) is 0 Å². The van der Waals surface area contributed by atoms with Crippen LogP contribution < -0.4 is 0 Å². The molecule has 0 amide bonds. The molecule has 33 heavy (non-hydrogen) atoms. The lowest BCUT2D eigenvalue weighted by Gasteiger charge is -2.63. The van der Waals surface area contributed by atoms with Crippen LogP contribution in [0.5, 0.6) is 0 Å². The van der Waals surface area contributed by atoms with Gasteiger partial charge in [-0.3, -0.25) is 4.79 Å². The van der Waals surface area contributed by atoms with E-state index in [2.05, 4.69) is 27.7 Å². The van der Waals surface area contributed by atoms with E-state index in [4.69, 9.17) is 0 Å². The molecule has 0 heterocycles. The molecule has 0 aromatic rings. The van der Waals surface area contributed by atoms with Crippen LogP contribution in [0, 0.1) is 58.2 Å². The number of carbonyl (C=O) groups is 1. The summed E-state index contributed by atoms with van der Waals surface area (Å²) in [6.45, 7) is 11.3. The molecule has 188 valence electrons. The van der Waals surface area contributed by atoms with E-state index in [1.807, 2.05) is 6.92 Å². The van der Waals surface area contributed by atoms with Gasteiger partial charge in [0.05, 0.1) is 17.8 Å². The summed E-state index contributed by atoms with van der Waals surface area (Å²) in [5, 5.41) is 34.9.